The molecule has 21 heavy (non-hydrogen) atoms. The monoisotopic (exact) mass is 316 g/mol. The van der Waals surface area contributed by atoms with Gasteiger partial charge in [-0.2, -0.15) is 0 Å². The molecule has 0 aromatic carbocycles. The van der Waals surface area contributed by atoms with Crippen molar-refractivity contribution in [2.45, 2.75) is 58.5 Å². The number of rotatable bonds is 5. The highest BCUT2D eigenvalue weighted by molar-refractivity contribution is 7.90. The molecule has 1 heterocycles. The van der Waals surface area contributed by atoms with E-state index in [1.807, 2.05) is 0 Å². The first kappa shape index (κ1) is 17.2. The Balaban J connectivity index is 1.72. The molecule has 0 amide bonds. The minimum Gasteiger partial charge on any atom is -0.311 e. The summed E-state index contributed by atoms with van der Waals surface area (Å²) in [5.41, 5.74) is 0.479. The standard InChI is InChI=1S/C16H32N2O2S/c1-13-11-16(2,3)12-15(13)17-14-5-7-18(8-6-14)9-10-21(4,19)20/h13-15,17H,5-12H2,1-4H3/t13-,15+/m1/s1. The van der Waals surface area contributed by atoms with Crippen molar-refractivity contribution < 1.29 is 8.42 Å². The second kappa shape index (κ2) is 6.55. The van der Waals surface area contributed by atoms with Crippen molar-refractivity contribution in [3.8, 4) is 0 Å². The van der Waals surface area contributed by atoms with E-state index in [4.69, 9.17) is 0 Å². The SMILES string of the molecule is C[C@@H]1CC(C)(C)C[C@@H]1NC1CCN(CCS(C)(=O)=O)CC1. The Morgan fingerprint density at radius 3 is 2.29 bits per heavy atom. The Bertz CT molecular complexity index is 439. The first-order valence-electron chi connectivity index (χ1n) is 8.31. The molecular formula is C16H32N2O2S. The smallest absolute Gasteiger partial charge is 0.148 e. The van der Waals surface area contributed by atoms with E-state index in [1.165, 1.54) is 19.1 Å². The molecule has 124 valence electrons. The van der Waals surface area contributed by atoms with E-state index >= 15 is 0 Å². The van der Waals surface area contributed by atoms with Crippen molar-refractivity contribution >= 4 is 9.84 Å². The highest BCUT2D eigenvalue weighted by atomic mass is 32.2. The minimum absolute atomic E-state index is 0.291. The maximum Gasteiger partial charge on any atom is 0.148 e. The Morgan fingerprint density at radius 1 is 1.19 bits per heavy atom. The normalized spacial score (nSPS) is 31.6. The third-order valence-corrected chi connectivity index (χ3v) is 6.07. The maximum absolute atomic E-state index is 11.2. The van der Waals surface area contributed by atoms with E-state index in [-0.39, 0.29) is 0 Å². The molecule has 0 aromatic rings. The molecule has 5 heteroatoms. The van der Waals surface area contributed by atoms with E-state index in [0.717, 1.165) is 31.8 Å². The highest BCUT2D eigenvalue weighted by Gasteiger charge is 2.37. The Hall–Kier alpha value is -0.130. The second-order valence-electron chi connectivity index (χ2n) is 8.07. The lowest BCUT2D eigenvalue weighted by Crippen LogP contribution is -2.47. The van der Waals surface area contributed by atoms with Crippen molar-refractivity contribution in [2.24, 2.45) is 11.3 Å². The van der Waals surface area contributed by atoms with Crippen LogP contribution in [0.1, 0.15) is 46.5 Å². The second-order valence-corrected chi connectivity index (χ2v) is 10.3. The number of nitrogens with zero attached hydrogens (tertiary/aromatic N) is 1. The van der Waals surface area contributed by atoms with Gasteiger partial charge < -0.3 is 10.2 Å². The lowest BCUT2D eigenvalue weighted by Gasteiger charge is -2.34. The average Bonchev–Trinajstić information content (AvgIpc) is 2.60. The number of likely N-dealkylation sites (tertiary alicyclic amines) is 1. The van der Waals surface area contributed by atoms with E-state index in [0.29, 0.717) is 29.8 Å². The zero-order valence-electron chi connectivity index (χ0n) is 14.1. The van der Waals surface area contributed by atoms with Crippen LogP contribution in [0.25, 0.3) is 0 Å². The van der Waals surface area contributed by atoms with Gasteiger partial charge in [0, 0.05) is 24.9 Å². The molecule has 2 fully saturated rings. The first-order chi connectivity index (χ1) is 9.65. The molecule has 4 nitrogen and oxygen atoms in total. The summed E-state index contributed by atoms with van der Waals surface area (Å²) in [6.07, 6.45) is 6.21. The van der Waals surface area contributed by atoms with Crippen LogP contribution < -0.4 is 5.32 Å². The van der Waals surface area contributed by atoms with Crippen molar-refractivity contribution in [1.29, 1.82) is 0 Å². The third kappa shape index (κ3) is 5.53. The van der Waals surface area contributed by atoms with Crippen LogP contribution in [-0.2, 0) is 9.84 Å². The minimum atomic E-state index is -2.83. The lowest BCUT2D eigenvalue weighted by atomic mass is 9.91. The summed E-state index contributed by atoms with van der Waals surface area (Å²) in [7, 11) is -2.83. The molecule has 2 rings (SSSR count). The van der Waals surface area contributed by atoms with Crippen LogP contribution in [0.4, 0.5) is 0 Å². The van der Waals surface area contributed by atoms with Gasteiger partial charge >= 0.3 is 0 Å². The van der Waals surface area contributed by atoms with E-state index in [1.54, 1.807) is 0 Å². The van der Waals surface area contributed by atoms with Gasteiger partial charge in [0.05, 0.1) is 5.75 Å². The van der Waals surface area contributed by atoms with Gasteiger partial charge in [0.15, 0.2) is 0 Å². The molecule has 0 radical (unpaired) electrons. The van der Waals surface area contributed by atoms with Crippen LogP contribution in [0.15, 0.2) is 0 Å². The van der Waals surface area contributed by atoms with Crippen LogP contribution in [0, 0.1) is 11.3 Å². The predicted octanol–water partition coefficient (Wildman–Crippen LogP) is 1.91. The lowest BCUT2D eigenvalue weighted by molar-refractivity contribution is 0.193. The van der Waals surface area contributed by atoms with Gasteiger partial charge in [-0.1, -0.05) is 20.8 Å². The zero-order valence-corrected chi connectivity index (χ0v) is 14.9. The molecule has 1 saturated heterocycles. The summed E-state index contributed by atoms with van der Waals surface area (Å²) >= 11 is 0. The molecule has 2 atom stereocenters. The molecule has 0 aromatic heterocycles. The van der Waals surface area contributed by atoms with Gasteiger partial charge in [-0.25, -0.2) is 8.42 Å². The van der Waals surface area contributed by atoms with E-state index < -0.39 is 9.84 Å². The Kier molecular flexibility index (Phi) is 5.37. The highest BCUT2D eigenvalue weighted by Crippen LogP contribution is 2.41. The summed E-state index contributed by atoms with van der Waals surface area (Å²) < 4.78 is 22.5. The van der Waals surface area contributed by atoms with Crippen molar-refractivity contribution in [3.63, 3.8) is 0 Å². The predicted molar refractivity (Wildman–Crippen MR) is 88.3 cm³/mol. The van der Waals surface area contributed by atoms with Crippen LogP contribution in [0.2, 0.25) is 0 Å². The van der Waals surface area contributed by atoms with Gasteiger partial charge in [-0.15, -0.1) is 0 Å². The van der Waals surface area contributed by atoms with Gasteiger partial charge in [0.2, 0.25) is 0 Å². The maximum atomic E-state index is 11.2. The average molecular weight is 317 g/mol. The first-order valence-corrected chi connectivity index (χ1v) is 10.4. The van der Waals surface area contributed by atoms with Gasteiger partial charge in [-0.3, -0.25) is 0 Å². The number of hydrogen-bond acceptors (Lipinski definition) is 4. The number of nitrogens with one attached hydrogen (secondary N) is 1. The van der Waals surface area contributed by atoms with Crippen molar-refractivity contribution in [2.75, 3.05) is 31.6 Å². The number of hydrogen-bond donors (Lipinski definition) is 1. The molecular weight excluding hydrogens is 284 g/mol. The topological polar surface area (TPSA) is 49.4 Å². The fraction of sp³-hybridized carbons (Fsp3) is 1.00. The Labute approximate surface area is 130 Å². The summed E-state index contributed by atoms with van der Waals surface area (Å²) in [6, 6.07) is 1.27. The van der Waals surface area contributed by atoms with Crippen LogP contribution >= 0.6 is 0 Å². The zero-order chi connectivity index (χ0) is 15.7. The number of sulfone groups is 1. The molecule has 1 aliphatic carbocycles. The fourth-order valence-corrected chi connectivity index (χ4v) is 4.63. The summed E-state index contributed by atoms with van der Waals surface area (Å²) in [4.78, 5) is 2.29. The van der Waals surface area contributed by atoms with E-state index in [9.17, 15) is 8.42 Å². The molecule has 1 saturated carbocycles. The number of piperidine rings is 1. The fourth-order valence-electron chi connectivity index (χ4n) is 4.04. The van der Waals surface area contributed by atoms with Crippen molar-refractivity contribution in [1.82, 2.24) is 10.2 Å². The summed E-state index contributed by atoms with van der Waals surface area (Å²) in [5.74, 6) is 1.06. The summed E-state index contributed by atoms with van der Waals surface area (Å²) in [5, 5.41) is 3.87. The van der Waals surface area contributed by atoms with Crippen LogP contribution in [-0.4, -0.2) is 57.0 Å². The third-order valence-electron chi connectivity index (χ3n) is 5.15. The van der Waals surface area contributed by atoms with Crippen LogP contribution in [0.3, 0.4) is 0 Å². The van der Waals surface area contributed by atoms with Crippen LogP contribution in [0.5, 0.6) is 0 Å². The molecule has 1 N–H and O–H groups in total. The molecule has 2 aliphatic rings. The molecule has 0 spiro atoms. The Morgan fingerprint density at radius 2 is 1.81 bits per heavy atom. The van der Waals surface area contributed by atoms with Gasteiger partial charge in [0.25, 0.3) is 0 Å². The largest absolute Gasteiger partial charge is 0.311 e. The quantitative estimate of drug-likeness (QED) is 0.842. The van der Waals surface area contributed by atoms with E-state index in [2.05, 4.69) is 31.0 Å². The van der Waals surface area contributed by atoms with Gasteiger partial charge in [-0.05, 0) is 50.1 Å². The summed E-state index contributed by atoms with van der Waals surface area (Å²) in [6.45, 7) is 9.86. The van der Waals surface area contributed by atoms with Gasteiger partial charge in [0.1, 0.15) is 9.84 Å². The molecule has 0 unspecified atom stereocenters. The van der Waals surface area contributed by atoms with Crippen molar-refractivity contribution in [3.05, 3.63) is 0 Å². The molecule has 1 aliphatic heterocycles. The molecule has 0 bridgehead atoms.